The second-order valence-electron chi connectivity index (χ2n) is 8.56. The molecule has 0 atom stereocenters. The smallest absolute Gasteiger partial charge is 0.393 e. The third kappa shape index (κ3) is 5.14. The third-order valence-electron chi connectivity index (χ3n) is 6.11. The van der Waals surface area contributed by atoms with Gasteiger partial charge >= 0.3 is 6.09 Å². The number of carbonyl (C=O) groups is 1. The molecule has 178 valence electrons. The summed E-state index contributed by atoms with van der Waals surface area (Å²) in [6.07, 6.45) is 2.60. The van der Waals surface area contributed by atoms with Gasteiger partial charge in [0.1, 0.15) is 5.69 Å². The van der Waals surface area contributed by atoms with Gasteiger partial charge in [-0.15, -0.1) is 11.3 Å². The van der Waals surface area contributed by atoms with E-state index in [1.165, 1.54) is 11.3 Å². The van der Waals surface area contributed by atoms with E-state index in [0.717, 1.165) is 60.4 Å². The number of ether oxygens (including phenoxy) is 1. The van der Waals surface area contributed by atoms with Crippen molar-refractivity contribution in [1.82, 2.24) is 19.9 Å². The second-order valence-corrected chi connectivity index (χ2v) is 10.3. The lowest BCUT2D eigenvalue weighted by Gasteiger charge is -2.31. The minimum Gasteiger partial charge on any atom is -0.393 e. The highest BCUT2D eigenvalue weighted by Crippen LogP contribution is 2.32. The lowest BCUT2D eigenvalue weighted by Crippen LogP contribution is -2.45. The van der Waals surface area contributed by atoms with Gasteiger partial charge in [0.2, 0.25) is 5.88 Å². The Morgan fingerprint density at radius 2 is 2.06 bits per heavy atom. The molecule has 1 aliphatic rings. The lowest BCUT2D eigenvalue weighted by atomic mass is 10.1. The molecule has 4 aromatic rings. The van der Waals surface area contributed by atoms with Gasteiger partial charge in [-0.2, -0.15) is 0 Å². The molecule has 7 nitrogen and oxygen atoms in total. The summed E-state index contributed by atoms with van der Waals surface area (Å²) < 4.78 is 14.0. The minimum absolute atomic E-state index is 0.133. The topological polar surface area (TPSA) is 72.5 Å². The standard InChI is InChI=1S/C25H27ClN4O3S/c1-2-11-29-12-9-18(10-13-29)27-25(31)32-24-14-17-5-3-4-6-20(17)30(24)16-19-15-21(33-28-19)22-7-8-23(26)34-22/h3-8,14-15,18H,2,9-13,16H2,1H3,(H,27,31). The van der Waals surface area contributed by atoms with Crippen molar-refractivity contribution in [3.63, 3.8) is 0 Å². The van der Waals surface area contributed by atoms with E-state index in [1.807, 2.05) is 53.1 Å². The largest absolute Gasteiger partial charge is 0.414 e. The molecular formula is C25H27ClN4O3S. The number of thiophene rings is 1. The third-order valence-corrected chi connectivity index (χ3v) is 7.36. The van der Waals surface area contributed by atoms with Crippen LogP contribution in [0.3, 0.4) is 0 Å². The van der Waals surface area contributed by atoms with Crippen LogP contribution < -0.4 is 10.1 Å². The zero-order valence-corrected chi connectivity index (χ0v) is 20.6. The fourth-order valence-corrected chi connectivity index (χ4v) is 5.44. The number of hydrogen-bond donors (Lipinski definition) is 1. The van der Waals surface area contributed by atoms with E-state index in [0.29, 0.717) is 22.5 Å². The van der Waals surface area contributed by atoms with Crippen LogP contribution in [0.5, 0.6) is 5.88 Å². The molecule has 1 N–H and O–H groups in total. The molecule has 1 fully saturated rings. The Hall–Kier alpha value is -2.81. The molecule has 1 aliphatic heterocycles. The molecule has 4 heterocycles. The highest BCUT2D eigenvalue weighted by atomic mass is 35.5. The average molecular weight is 499 g/mol. The number of carbonyl (C=O) groups excluding carboxylic acids is 1. The van der Waals surface area contributed by atoms with Crippen LogP contribution in [0.15, 0.2) is 53.1 Å². The summed E-state index contributed by atoms with van der Waals surface area (Å²) in [6.45, 7) is 5.72. The van der Waals surface area contributed by atoms with Crippen LogP contribution >= 0.6 is 22.9 Å². The summed E-state index contributed by atoms with van der Waals surface area (Å²) in [6, 6.07) is 15.6. The summed E-state index contributed by atoms with van der Waals surface area (Å²) in [5, 5.41) is 8.27. The number of likely N-dealkylation sites (tertiary alicyclic amines) is 1. The molecule has 0 saturated carbocycles. The first kappa shape index (κ1) is 23.0. The molecule has 0 aliphatic carbocycles. The maximum Gasteiger partial charge on any atom is 0.414 e. The molecule has 3 aromatic heterocycles. The molecular weight excluding hydrogens is 472 g/mol. The molecule has 0 radical (unpaired) electrons. The molecule has 9 heteroatoms. The molecule has 34 heavy (non-hydrogen) atoms. The van der Waals surface area contributed by atoms with Crippen LogP contribution in [0.25, 0.3) is 21.5 Å². The number of aromatic nitrogens is 2. The van der Waals surface area contributed by atoms with Crippen molar-refractivity contribution in [2.24, 2.45) is 0 Å². The number of para-hydroxylation sites is 1. The van der Waals surface area contributed by atoms with E-state index in [4.69, 9.17) is 20.9 Å². The number of nitrogens with one attached hydrogen (secondary N) is 1. The maximum absolute atomic E-state index is 12.8. The van der Waals surface area contributed by atoms with E-state index in [1.54, 1.807) is 0 Å². The number of nitrogens with zero attached hydrogens (tertiary/aromatic N) is 3. The zero-order valence-electron chi connectivity index (χ0n) is 19.0. The number of amides is 1. The van der Waals surface area contributed by atoms with Gasteiger partial charge in [0.15, 0.2) is 5.76 Å². The molecule has 1 aromatic carbocycles. The fourth-order valence-electron chi connectivity index (χ4n) is 4.45. The average Bonchev–Trinajstić information content (AvgIpc) is 3.55. The summed E-state index contributed by atoms with van der Waals surface area (Å²) in [7, 11) is 0. The predicted octanol–water partition coefficient (Wildman–Crippen LogP) is 6.02. The maximum atomic E-state index is 12.8. The van der Waals surface area contributed by atoms with Crippen molar-refractivity contribution in [3.05, 3.63) is 58.6 Å². The predicted molar refractivity (Wildman–Crippen MR) is 135 cm³/mol. The molecule has 1 saturated heterocycles. The van der Waals surface area contributed by atoms with Crippen LogP contribution in [0.4, 0.5) is 4.79 Å². The van der Waals surface area contributed by atoms with E-state index in [9.17, 15) is 4.79 Å². The highest BCUT2D eigenvalue weighted by molar-refractivity contribution is 7.19. The van der Waals surface area contributed by atoms with Crippen molar-refractivity contribution in [1.29, 1.82) is 0 Å². The quantitative estimate of drug-likeness (QED) is 0.337. The van der Waals surface area contributed by atoms with E-state index in [-0.39, 0.29) is 6.04 Å². The Kier molecular flexibility index (Phi) is 6.89. The first-order valence-electron chi connectivity index (χ1n) is 11.6. The van der Waals surface area contributed by atoms with Crippen LogP contribution in [0.2, 0.25) is 4.34 Å². The van der Waals surface area contributed by atoms with Gasteiger partial charge in [-0.3, -0.25) is 0 Å². The van der Waals surface area contributed by atoms with Gasteiger partial charge in [0.25, 0.3) is 0 Å². The Morgan fingerprint density at radius 3 is 2.82 bits per heavy atom. The van der Waals surface area contributed by atoms with Gasteiger partial charge in [-0.25, -0.2) is 4.79 Å². The number of rotatable bonds is 7. The van der Waals surface area contributed by atoms with Gasteiger partial charge in [-0.1, -0.05) is 41.9 Å². The van der Waals surface area contributed by atoms with Crippen LogP contribution in [0.1, 0.15) is 31.9 Å². The van der Waals surface area contributed by atoms with Crippen LogP contribution in [-0.2, 0) is 6.54 Å². The number of piperidine rings is 1. The van der Waals surface area contributed by atoms with Crippen molar-refractivity contribution in [2.45, 2.75) is 38.8 Å². The van der Waals surface area contributed by atoms with Crippen LogP contribution in [-0.4, -0.2) is 46.4 Å². The van der Waals surface area contributed by atoms with Gasteiger partial charge < -0.3 is 24.0 Å². The summed E-state index contributed by atoms with van der Waals surface area (Å²) in [4.78, 5) is 16.1. The van der Waals surface area contributed by atoms with Gasteiger partial charge in [-0.05, 0) is 44.0 Å². The molecule has 0 spiro atoms. The van der Waals surface area contributed by atoms with Gasteiger partial charge in [0, 0.05) is 36.7 Å². The minimum atomic E-state index is -0.424. The van der Waals surface area contributed by atoms with Crippen LogP contribution in [0, 0.1) is 0 Å². The fraction of sp³-hybridized carbons (Fsp3) is 0.360. The summed E-state index contributed by atoms with van der Waals surface area (Å²) in [5.41, 5.74) is 1.69. The Labute approximate surface area is 207 Å². The lowest BCUT2D eigenvalue weighted by molar-refractivity contribution is 0.170. The number of fused-ring (bicyclic) bond motifs is 1. The highest BCUT2D eigenvalue weighted by Gasteiger charge is 2.22. The van der Waals surface area contributed by atoms with E-state index < -0.39 is 6.09 Å². The summed E-state index contributed by atoms with van der Waals surface area (Å²) in [5.74, 6) is 1.14. The number of benzene rings is 1. The molecule has 5 rings (SSSR count). The second kappa shape index (κ2) is 10.2. The Bertz CT molecular complexity index is 1270. The molecule has 0 bridgehead atoms. The van der Waals surface area contributed by atoms with E-state index in [2.05, 4.69) is 22.3 Å². The van der Waals surface area contributed by atoms with E-state index >= 15 is 0 Å². The number of hydrogen-bond acceptors (Lipinski definition) is 6. The monoisotopic (exact) mass is 498 g/mol. The van der Waals surface area contributed by atoms with Crippen molar-refractivity contribution >= 4 is 39.9 Å². The van der Waals surface area contributed by atoms with Gasteiger partial charge in [0.05, 0.1) is 21.3 Å². The normalized spacial score (nSPS) is 15.1. The SMILES string of the molecule is CCCN1CCC(NC(=O)Oc2cc3ccccc3n2Cc2cc(-c3ccc(Cl)s3)on2)CC1. The molecule has 1 amide bonds. The van der Waals surface area contributed by atoms with Crippen molar-refractivity contribution < 1.29 is 14.1 Å². The zero-order chi connectivity index (χ0) is 23.5. The van der Waals surface area contributed by atoms with Crippen molar-refractivity contribution in [2.75, 3.05) is 19.6 Å². The summed E-state index contributed by atoms with van der Waals surface area (Å²) >= 11 is 7.49. The Balaban J connectivity index is 1.31. The first-order chi connectivity index (χ1) is 16.6. The molecule has 0 unspecified atom stereocenters. The Morgan fingerprint density at radius 1 is 1.24 bits per heavy atom. The first-order valence-corrected chi connectivity index (χ1v) is 12.8. The number of halogens is 1. The van der Waals surface area contributed by atoms with Crippen molar-refractivity contribution in [3.8, 4) is 16.5 Å².